The predicted molar refractivity (Wildman–Crippen MR) is 66.2 cm³/mol. The monoisotopic (exact) mass is 289 g/mol. The second-order valence-electron chi connectivity index (χ2n) is 4.00. The van der Waals surface area contributed by atoms with Crippen LogP contribution in [0.25, 0.3) is 0 Å². The van der Waals surface area contributed by atoms with Crippen molar-refractivity contribution in [3.8, 4) is 5.75 Å². The molecule has 0 aromatic heterocycles. The molecule has 1 aromatic rings. The van der Waals surface area contributed by atoms with Gasteiger partial charge in [-0.3, -0.25) is 9.59 Å². The summed E-state index contributed by atoms with van der Waals surface area (Å²) in [5.74, 6) is -2.31. The molecule has 0 bridgehead atoms. The van der Waals surface area contributed by atoms with Gasteiger partial charge >= 0.3 is 5.97 Å². The molecule has 7 heteroatoms. The summed E-state index contributed by atoms with van der Waals surface area (Å²) in [5, 5.41) is 18.3. The molecular weight excluding hydrogens is 281 g/mol. The second-order valence-corrected chi connectivity index (χ2v) is 4.82. The molecule has 0 spiro atoms. The van der Waals surface area contributed by atoms with Gasteiger partial charge in [0.05, 0.1) is 16.0 Å². The fourth-order valence-electron chi connectivity index (χ4n) is 1.83. The van der Waals surface area contributed by atoms with Crippen molar-refractivity contribution < 1.29 is 19.8 Å². The van der Waals surface area contributed by atoms with E-state index in [2.05, 4.69) is 0 Å². The lowest BCUT2D eigenvalue weighted by atomic mass is 10.1. The summed E-state index contributed by atoms with van der Waals surface area (Å²) in [7, 11) is 0. The van der Waals surface area contributed by atoms with Gasteiger partial charge in [0, 0.05) is 18.7 Å². The van der Waals surface area contributed by atoms with Crippen LogP contribution in [-0.2, 0) is 9.59 Å². The van der Waals surface area contributed by atoms with Crippen LogP contribution in [0.3, 0.4) is 0 Å². The molecule has 1 aliphatic heterocycles. The molecule has 0 saturated carbocycles. The number of carboxylic acids is 1. The molecule has 1 amide bonds. The van der Waals surface area contributed by atoms with Crippen LogP contribution in [0, 0.1) is 5.92 Å². The average molecular weight is 290 g/mol. The Balaban J connectivity index is 2.33. The molecule has 1 saturated heterocycles. The van der Waals surface area contributed by atoms with Crippen molar-refractivity contribution in [2.45, 2.75) is 6.42 Å². The summed E-state index contributed by atoms with van der Waals surface area (Å²) >= 11 is 11.5. The topological polar surface area (TPSA) is 77.8 Å². The fraction of sp³-hybridized carbons (Fsp3) is 0.273. The number of aliphatic carboxylic acids is 1. The fourth-order valence-corrected chi connectivity index (χ4v) is 2.31. The van der Waals surface area contributed by atoms with E-state index in [1.807, 2.05) is 0 Å². The molecule has 1 aliphatic rings. The van der Waals surface area contributed by atoms with E-state index < -0.39 is 11.9 Å². The maximum Gasteiger partial charge on any atom is 0.308 e. The summed E-state index contributed by atoms with van der Waals surface area (Å²) in [6, 6.07) is 2.76. The third-order valence-electron chi connectivity index (χ3n) is 2.79. The number of rotatable bonds is 2. The Morgan fingerprint density at radius 1 is 1.33 bits per heavy atom. The molecule has 0 aliphatic carbocycles. The highest BCUT2D eigenvalue weighted by molar-refractivity contribution is 6.37. The molecule has 2 N–H and O–H groups in total. The van der Waals surface area contributed by atoms with E-state index in [1.54, 1.807) is 0 Å². The van der Waals surface area contributed by atoms with E-state index in [9.17, 15) is 14.7 Å². The van der Waals surface area contributed by atoms with Crippen LogP contribution < -0.4 is 4.90 Å². The average Bonchev–Trinajstić information content (AvgIpc) is 2.68. The van der Waals surface area contributed by atoms with Crippen molar-refractivity contribution in [1.82, 2.24) is 0 Å². The first-order chi connectivity index (χ1) is 8.40. The van der Waals surface area contributed by atoms with E-state index in [4.69, 9.17) is 28.3 Å². The Bertz CT molecular complexity index is 509. The van der Waals surface area contributed by atoms with Gasteiger partial charge in [-0.15, -0.1) is 0 Å². The molecule has 18 heavy (non-hydrogen) atoms. The van der Waals surface area contributed by atoms with Crippen LogP contribution in [0.1, 0.15) is 6.42 Å². The summed E-state index contributed by atoms with van der Waals surface area (Å²) in [6.45, 7) is 0.0750. The molecule has 1 atom stereocenters. The van der Waals surface area contributed by atoms with Gasteiger partial charge < -0.3 is 15.1 Å². The Morgan fingerprint density at radius 2 is 1.89 bits per heavy atom. The molecule has 96 valence electrons. The number of hydrogen-bond acceptors (Lipinski definition) is 3. The molecule has 0 radical (unpaired) electrons. The van der Waals surface area contributed by atoms with Crippen LogP contribution in [0.4, 0.5) is 5.69 Å². The van der Waals surface area contributed by atoms with Crippen molar-refractivity contribution in [2.24, 2.45) is 5.92 Å². The standard InChI is InChI=1S/C11H9Cl2NO4/c12-7-2-6(3-8(13)10(7)16)14-4-5(11(17)18)1-9(14)15/h2-3,5,16H,1,4H2,(H,17,18)/t5-/m0/s1. The number of aromatic hydroxyl groups is 1. The van der Waals surface area contributed by atoms with Gasteiger partial charge in [0.25, 0.3) is 0 Å². The molecule has 2 rings (SSSR count). The number of phenolic OH excluding ortho intramolecular Hbond substituents is 1. The normalized spacial score (nSPS) is 19.3. The Morgan fingerprint density at radius 3 is 2.33 bits per heavy atom. The molecular formula is C11H9Cl2NO4. The van der Waals surface area contributed by atoms with E-state index in [0.717, 1.165) is 0 Å². The van der Waals surface area contributed by atoms with Crippen molar-refractivity contribution in [2.75, 3.05) is 11.4 Å². The van der Waals surface area contributed by atoms with E-state index in [0.29, 0.717) is 5.69 Å². The Kier molecular flexibility index (Phi) is 3.36. The lowest BCUT2D eigenvalue weighted by molar-refractivity contribution is -0.141. The zero-order chi connectivity index (χ0) is 13.4. The zero-order valence-electron chi connectivity index (χ0n) is 9.06. The van der Waals surface area contributed by atoms with Gasteiger partial charge in [-0.05, 0) is 12.1 Å². The number of nitrogens with zero attached hydrogens (tertiary/aromatic N) is 1. The highest BCUT2D eigenvalue weighted by Crippen LogP contribution is 2.37. The number of halogens is 2. The number of phenols is 1. The first-order valence-corrected chi connectivity index (χ1v) is 5.87. The van der Waals surface area contributed by atoms with E-state index in [-0.39, 0.29) is 34.7 Å². The minimum absolute atomic E-state index is 0.0177. The summed E-state index contributed by atoms with van der Waals surface area (Å²) in [6.07, 6.45) is -0.0502. The minimum atomic E-state index is -1.01. The second kappa shape index (κ2) is 4.66. The third kappa shape index (κ3) is 2.23. The largest absolute Gasteiger partial charge is 0.505 e. The highest BCUT2D eigenvalue weighted by atomic mass is 35.5. The summed E-state index contributed by atoms with van der Waals surface area (Å²) in [5.41, 5.74) is 0.386. The minimum Gasteiger partial charge on any atom is -0.505 e. The SMILES string of the molecule is O=C(O)[C@H]1CC(=O)N(c2cc(Cl)c(O)c(Cl)c2)C1. The lowest BCUT2D eigenvalue weighted by Crippen LogP contribution is -2.25. The highest BCUT2D eigenvalue weighted by Gasteiger charge is 2.35. The van der Waals surface area contributed by atoms with Gasteiger partial charge in [-0.2, -0.15) is 0 Å². The lowest BCUT2D eigenvalue weighted by Gasteiger charge is -2.17. The quantitative estimate of drug-likeness (QED) is 0.874. The number of carboxylic acid groups (broad SMARTS) is 1. The van der Waals surface area contributed by atoms with Crippen molar-refractivity contribution in [3.05, 3.63) is 22.2 Å². The van der Waals surface area contributed by atoms with Gasteiger partial charge in [0.1, 0.15) is 0 Å². The smallest absolute Gasteiger partial charge is 0.308 e. The maximum absolute atomic E-state index is 11.7. The van der Waals surface area contributed by atoms with Crippen LogP contribution >= 0.6 is 23.2 Å². The van der Waals surface area contributed by atoms with E-state index in [1.165, 1.54) is 17.0 Å². The van der Waals surface area contributed by atoms with Crippen LogP contribution in [-0.4, -0.2) is 28.6 Å². The van der Waals surface area contributed by atoms with Crippen LogP contribution in [0.15, 0.2) is 12.1 Å². The number of carbonyl (C=O) groups excluding carboxylic acids is 1. The molecule has 5 nitrogen and oxygen atoms in total. The van der Waals surface area contributed by atoms with Crippen molar-refractivity contribution in [1.29, 1.82) is 0 Å². The van der Waals surface area contributed by atoms with Crippen LogP contribution in [0.5, 0.6) is 5.75 Å². The predicted octanol–water partition coefficient (Wildman–Crippen LogP) is 2.14. The van der Waals surface area contributed by atoms with Gasteiger partial charge in [0.15, 0.2) is 5.75 Å². The van der Waals surface area contributed by atoms with Crippen LogP contribution in [0.2, 0.25) is 10.0 Å². The molecule has 1 heterocycles. The molecule has 1 aromatic carbocycles. The van der Waals surface area contributed by atoms with E-state index >= 15 is 0 Å². The number of amides is 1. The summed E-state index contributed by atoms with van der Waals surface area (Å²) < 4.78 is 0. The molecule has 1 fully saturated rings. The Labute approximate surface area is 113 Å². The summed E-state index contributed by atoms with van der Waals surface area (Å²) in [4.78, 5) is 23.9. The number of benzene rings is 1. The maximum atomic E-state index is 11.7. The van der Waals surface area contributed by atoms with Crippen molar-refractivity contribution >= 4 is 40.8 Å². The third-order valence-corrected chi connectivity index (χ3v) is 3.36. The van der Waals surface area contributed by atoms with Gasteiger partial charge in [-0.25, -0.2) is 0 Å². The molecule has 0 unspecified atom stereocenters. The zero-order valence-corrected chi connectivity index (χ0v) is 10.6. The number of hydrogen-bond donors (Lipinski definition) is 2. The van der Waals surface area contributed by atoms with Gasteiger partial charge in [-0.1, -0.05) is 23.2 Å². The Hall–Kier alpha value is -1.46. The first kappa shape index (κ1) is 13.0. The number of anilines is 1. The number of carbonyl (C=O) groups is 2. The van der Waals surface area contributed by atoms with Crippen molar-refractivity contribution in [3.63, 3.8) is 0 Å². The van der Waals surface area contributed by atoms with Gasteiger partial charge in [0.2, 0.25) is 5.91 Å². The first-order valence-electron chi connectivity index (χ1n) is 5.11.